The molecular weight excluding hydrogens is 230 g/mol. The largest absolute Gasteiger partial charge is 0.323 e. The molecule has 2 unspecified atom stereocenters. The number of nitrogens with two attached hydrogens (primary N) is 1. The molecule has 2 atom stereocenters. The molecule has 0 saturated carbocycles. The zero-order chi connectivity index (χ0) is 13.8. The van der Waals surface area contributed by atoms with E-state index in [2.05, 4.69) is 69.3 Å². The van der Waals surface area contributed by atoms with Gasteiger partial charge in [-0.25, -0.2) is 0 Å². The van der Waals surface area contributed by atoms with Gasteiger partial charge in [-0.15, -0.1) is 0 Å². The van der Waals surface area contributed by atoms with E-state index in [0.29, 0.717) is 5.92 Å². The first kappa shape index (κ1) is 13.8. The van der Waals surface area contributed by atoms with Crippen LogP contribution in [-0.4, -0.2) is 0 Å². The standard InChI is InChI=1S/C18H23N/c1-4-16(15-8-6-5-7-9-15)18(19)17-12-13(2)10-11-14(17)3/h5-12,16,18H,4,19H2,1-3H3. The summed E-state index contributed by atoms with van der Waals surface area (Å²) < 4.78 is 0. The van der Waals surface area contributed by atoms with Crippen LogP contribution >= 0.6 is 0 Å². The van der Waals surface area contributed by atoms with Gasteiger partial charge in [0.05, 0.1) is 0 Å². The lowest BCUT2D eigenvalue weighted by atomic mass is 9.84. The molecule has 0 amide bonds. The van der Waals surface area contributed by atoms with E-state index >= 15 is 0 Å². The summed E-state index contributed by atoms with van der Waals surface area (Å²) in [5, 5.41) is 0. The molecule has 100 valence electrons. The zero-order valence-electron chi connectivity index (χ0n) is 12.1. The minimum atomic E-state index is 0.0623. The summed E-state index contributed by atoms with van der Waals surface area (Å²) in [7, 11) is 0. The molecule has 0 spiro atoms. The Labute approximate surface area is 116 Å². The molecule has 2 rings (SSSR count). The third-order valence-electron chi connectivity index (χ3n) is 3.89. The predicted octanol–water partition coefficient (Wildman–Crippen LogP) is 4.50. The molecule has 0 aliphatic heterocycles. The number of hydrogen-bond acceptors (Lipinski definition) is 1. The first-order chi connectivity index (χ1) is 9.13. The molecule has 0 radical (unpaired) electrons. The predicted molar refractivity (Wildman–Crippen MR) is 82.3 cm³/mol. The molecule has 0 saturated heterocycles. The van der Waals surface area contributed by atoms with Crippen molar-refractivity contribution in [3.05, 3.63) is 70.8 Å². The van der Waals surface area contributed by atoms with Gasteiger partial charge in [0.2, 0.25) is 0 Å². The number of benzene rings is 2. The molecule has 1 heteroatoms. The molecule has 0 aliphatic carbocycles. The Morgan fingerprint density at radius 2 is 1.68 bits per heavy atom. The van der Waals surface area contributed by atoms with Gasteiger partial charge >= 0.3 is 0 Å². The molecule has 0 fully saturated rings. The van der Waals surface area contributed by atoms with Crippen molar-refractivity contribution < 1.29 is 0 Å². The zero-order valence-corrected chi connectivity index (χ0v) is 12.1. The van der Waals surface area contributed by atoms with Crippen LogP contribution in [0.2, 0.25) is 0 Å². The number of hydrogen-bond donors (Lipinski definition) is 1. The topological polar surface area (TPSA) is 26.0 Å². The first-order valence-electron chi connectivity index (χ1n) is 7.01. The molecule has 0 heterocycles. The fraction of sp³-hybridized carbons (Fsp3) is 0.333. The average molecular weight is 253 g/mol. The second-order valence-corrected chi connectivity index (χ2v) is 5.31. The van der Waals surface area contributed by atoms with Gasteiger partial charge in [0, 0.05) is 12.0 Å². The second-order valence-electron chi connectivity index (χ2n) is 5.31. The van der Waals surface area contributed by atoms with Gasteiger partial charge in [-0.2, -0.15) is 0 Å². The van der Waals surface area contributed by atoms with Gasteiger partial charge in [0.1, 0.15) is 0 Å². The van der Waals surface area contributed by atoms with Crippen molar-refractivity contribution in [2.45, 2.75) is 39.2 Å². The lowest BCUT2D eigenvalue weighted by Crippen LogP contribution is -2.20. The maximum absolute atomic E-state index is 6.55. The van der Waals surface area contributed by atoms with Gasteiger partial charge in [-0.05, 0) is 37.0 Å². The van der Waals surface area contributed by atoms with Crippen LogP contribution in [0.3, 0.4) is 0 Å². The van der Waals surface area contributed by atoms with E-state index in [4.69, 9.17) is 5.73 Å². The minimum Gasteiger partial charge on any atom is -0.323 e. The lowest BCUT2D eigenvalue weighted by molar-refractivity contribution is 0.537. The van der Waals surface area contributed by atoms with Crippen LogP contribution in [0, 0.1) is 13.8 Å². The summed E-state index contributed by atoms with van der Waals surface area (Å²) in [6, 6.07) is 17.2. The molecule has 0 aliphatic rings. The van der Waals surface area contributed by atoms with Crippen LogP contribution in [0.5, 0.6) is 0 Å². The van der Waals surface area contributed by atoms with Crippen molar-refractivity contribution in [3.8, 4) is 0 Å². The highest BCUT2D eigenvalue weighted by atomic mass is 14.7. The molecule has 2 aromatic carbocycles. The van der Waals surface area contributed by atoms with E-state index in [1.807, 2.05) is 0 Å². The Balaban J connectivity index is 2.36. The Hall–Kier alpha value is -1.60. The molecular formula is C18H23N. The third kappa shape index (κ3) is 3.05. The number of aryl methyl sites for hydroxylation is 2. The molecule has 0 bridgehead atoms. The highest BCUT2D eigenvalue weighted by molar-refractivity contribution is 5.35. The van der Waals surface area contributed by atoms with Crippen LogP contribution < -0.4 is 5.73 Å². The third-order valence-corrected chi connectivity index (χ3v) is 3.89. The summed E-state index contributed by atoms with van der Waals surface area (Å²) in [4.78, 5) is 0. The maximum atomic E-state index is 6.55. The molecule has 2 N–H and O–H groups in total. The van der Waals surface area contributed by atoms with E-state index in [1.54, 1.807) is 0 Å². The van der Waals surface area contributed by atoms with Crippen molar-refractivity contribution in [2.75, 3.05) is 0 Å². The Morgan fingerprint density at radius 3 is 2.32 bits per heavy atom. The summed E-state index contributed by atoms with van der Waals surface area (Å²) in [5.74, 6) is 0.377. The summed E-state index contributed by atoms with van der Waals surface area (Å²) >= 11 is 0. The normalized spacial score (nSPS) is 14.1. The van der Waals surface area contributed by atoms with E-state index in [1.165, 1.54) is 22.3 Å². The fourth-order valence-corrected chi connectivity index (χ4v) is 2.73. The highest BCUT2D eigenvalue weighted by Gasteiger charge is 2.20. The molecule has 1 nitrogen and oxygen atoms in total. The van der Waals surface area contributed by atoms with Crippen LogP contribution in [0.4, 0.5) is 0 Å². The van der Waals surface area contributed by atoms with Gasteiger partial charge in [-0.1, -0.05) is 61.0 Å². The van der Waals surface area contributed by atoms with Crippen molar-refractivity contribution in [3.63, 3.8) is 0 Å². The van der Waals surface area contributed by atoms with Crippen molar-refractivity contribution in [1.29, 1.82) is 0 Å². The monoisotopic (exact) mass is 253 g/mol. The van der Waals surface area contributed by atoms with Gasteiger partial charge in [0.15, 0.2) is 0 Å². The quantitative estimate of drug-likeness (QED) is 0.853. The molecule has 19 heavy (non-hydrogen) atoms. The van der Waals surface area contributed by atoms with Gasteiger partial charge in [0.25, 0.3) is 0 Å². The van der Waals surface area contributed by atoms with Crippen LogP contribution in [0.25, 0.3) is 0 Å². The van der Waals surface area contributed by atoms with Crippen molar-refractivity contribution in [1.82, 2.24) is 0 Å². The second kappa shape index (κ2) is 6.03. The average Bonchev–Trinajstić information content (AvgIpc) is 2.43. The smallest absolute Gasteiger partial charge is 0.0367 e. The van der Waals surface area contributed by atoms with Crippen molar-refractivity contribution >= 4 is 0 Å². The Morgan fingerprint density at radius 1 is 1.00 bits per heavy atom. The highest BCUT2D eigenvalue weighted by Crippen LogP contribution is 2.33. The summed E-state index contributed by atoms with van der Waals surface area (Å²) in [6.07, 6.45) is 1.05. The van der Waals surface area contributed by atoms with E-state index in [0.717, 1.165) is 6.42 Å². The maximum Gasteiger partial charge on any atom is 0.0367 e. The van der Waals surface area contributed by atoms with E-state index in [9.17, 15) is 0 Å². The minimum absolute atomic E-state index is 0.0623. The van der Waals surface area contributed by atoms with Crippen LogP contribution in [0.1, 0.15) is 47.6 Å². The van der Waals surface area contributed by atoms with Crippen LogP contribution in [0.15, 0.2) is 48.5 Å². The molecule has 2 aromatic rings. The number of rotatable bonds is 4. The van der Waals surface area contributed by atoms with E-state index < -0.39 is 0 Å². The summed E-state index contributed by atoms with van der Waals surface area (Å²) in [6.45, 7) is 6.48. The van der Waals surface area contributed by atoms with E-state index in [-0.39, 0.29) is 6.04 Å². The first-order valence-corrected chi connectivity index (χ1v) is 7.01. The fourth-order valence-electron chi connectivity index (χ4n) is 2.73. The summed E-state index contributed by atoms with van der Waals surface area (Å²) in [5.41, 5.74) is 11.7. The van der Waals surface area contributed by atoms with Gasteiger partial charge < -0.3 is 5.73 Å². The van der Waals surface area contributed by atoms with Crippen molar-refractivity contribution in [2.24, 2.45) is 5.73 Å². The SMILES string of the molecule is CCC(c1ccccc1)C(N)c1cc(C)ccc1C. The van der Waals surface area contributed by atoms with Crippen LogP contribution in [-0.2, 0) is 0 Å². The Kier molecular flexibility index (Phi) is 4.39. The molecule has 0 aromatic heterocycles. The Bertz CT molecular complexity index is 531. The lowest BCUT2D eigenvalue weighted by Gasteiger charge is -2.25. The van der Waals surface area contributed by atoms with Gasteiger partial charge in [-0.3, -0.25) is 0 Å².